The Morgan fingerprint density at radius 2 is 1.54 bits per heavy atom. The molecule has 0 spiro atoms. The van der Waals surface area contributed by atoms with Crippen molar-refractivity contribution in [2.24, 2.45) is 0 Å². The Bertz CT molecular complexity index is 1190. The lowest BCUT2D eigenvalue weighted by molar-refractivity contribution is 0.183. The molecule has 0 atom stereocenters. The van der Waals surface area contributed by atoms with Gasteiger partial charge >= 0.3 is 0 Å². The number of nitrogens with zero attached hydrogens (tertiary/aromatic N) is 1. The Morgan fingerprint density at radius 3 is 2.26 bits per heavy atom. The van der Waals surface area contributed by atoms with Crippen LogP contribution in [0.5, 0.6) is 28.7 Å². The highest BCUT2D eigenvalue weighted by molar-refractivity contribution is 6.03. The van der Waals surface area contributed by atoms with Crippen LogP contribution in [0, 0.1) is 0 Å². The summed E-state index contributed by atoms with van der Waals surface area (Å²) >= 11 is 0. The smallest absolute Gasteiger partial charge is 0.135 e. The molecule has 6 heteroatoms. The maximum atomic E-state index is 10.8. The molecule has 2 aliphatic rings. The van der Waals surface area contributed by atoms with Crippen molar-refractivity contribution in [1.82, 2.24) is 4.90 Å². The number of likely N-dealkylation sites (tertiary alicyclic amines) is 1. The molecule has 1 fully saturated rings. The average Bonchev–Trinajstić information content (AvgIpc) is 2.89. The van der Waals surface area contributed by atoms with E-state index in [1.165, 1.54) is 31.4 Å². The Balaban J connectivity index is 1.45. The summed E-state index contributed by atoms with van der Waals surface area (Å²) in [4.78, 5) is 2.46. The van der Waals surface area contributed by atoms with Gasteiger partial charge in [-0.1, -0.05) is 30.7 Å². The van der Waals surface area contributed by atoms with Crippen LogP contribution >= 0.6 is 0 Å². The minimum Gasteiger partial charge on any atom is -0.508 e. The standard InChI is InChI=1S/C29H31NO5/c1-33-23-9-5-20(6-10-23)25-19-35-27-18-22(31)17-26(32)29(27)28(25)21-7-11-24(12-8-21)34-16-15-30-13-3-2-4-14-30/h5-12,17-18,31-32H,2-4,13-16,19H2,1H3. The van der Waals surface area contributed by atoms with Crippen LogP contribution in [0.15, 0.2) is 60.7 Å². The third-order valence-corrected chi connectivity index (χ3v) is 6.70. The number of hydrogen-bond acceptors (Lipinski definition) is 6. The van der Waals surface area contributed by atoms with Gasteiger partial charge in [0.25, 0.3) is 0 Å². The lowest BCUT2D eigenvalue weighted by atomic mass is 9.87. The zero-order valence-electron chi connectivity index (χ0n) is 20.0. The van der Waals surface area contributed by atoms with E-state index in [9.17, 15) is 10.2 Å². The highest BCUT2D eigenvalue weighted by Crippen LogP contribution is 2.47. The van der Waals surface area contributed by atoms with Gasteiger partial charge in [0.15, 0.2) is 0 Å². The highest BCUT2D eigenvalue weighted by Gasteiger charge is 2.26. The summed E-state index contributed by atoms with van der Waals surface area (Å²) in [5, 5.41) is 20.8. The Kier molecular flexibility index (Phi) is 6.82. The summed E-state index contributed by atoms with van der Waals surface area (Å²) < 4.78 is 17.3. The van der Waals surface area contributed by atoms with Crippen molar-refractivity contribution >= 4 is 11.1 Å². The lowest BCUT2D eigenvalue weighted by Crippen LogP contribution is -2.33. The van der Waals surface area contributed by atoms with Crippen LogP contribution in [0.1, 0.15) is 36.0 Å². The molecule has 6 nitrogen and oxygen atoms in total. The number of fused-ring (bicyclic) bond motifs is 1. The molecule has 35 heavy (non-hydrogen) atoms. The monoisotopic (exact) mass is 473 g/mol. The van der Waals surface area contributed by atoms with Crippen LogP contribution in [0.3, 0.4) is 0 Å². The van der Waals surface area contributed by atoms with E-state index in [2.05, 4.69) is 4.90 Å². The van der Waals surface area contributed by atoms with Crippen molar-refractivity contribution in [3.05, 3.63) is 77.4 Å². The van der Waals surface area contributed by atoms with Crippen LogP contribution < -0.4 is 14.2 Å². The number of hydrogen-bond donors (Lipinski definition) is 2. The third-order valence-electron chi connectivity index (χ3n) is 6.70. The molecule has 0 aliphatic carbocycles. The predicted octanol–water partition coefficient (Wildman–Crippen LogP) is 5.32. The van der Waals surface area contributed by atoms with E-state index in [-0.39, 0.29) is 11.5 Å². The molecule has 0 saturated carbocycles. The van der Waals surface area contributed by atoms with E-state index in [1.807, 2.05) is 48.5 Å². The molecule has 5 rings (SSSR count). The normalized spacial score (nSPS) is 15.9. The maximum Gasteiger partial charge on any atom is 0.135 e. The Hall–Kier alpha value is -3.64. The summed E-state index contributed by atoms with van der Waals surface area (Å²) in [6.07, 6.45) is 3.88. The van der Waals surface area contributed by atoms with Crippen LogP contribution in [-0.4, -0.2) is 55.1 Å². The van der Waals surface area contributed by atoms with Crippen LogP contribution in [0.25, 0.3) is 11.1 Å². The van der Waals surface area contributed by atoms with E-state index in [1.54, 1.807) is 7.11 Å². The van der Waals surface area contributed by atoms with Gasteiger partial charge in [-0.05, 0) is 61.3 Å². The molecule has 2 N–H and O–H groups in total. The van der Waals surface area contributed by atoms with Gasteiger partial charge in [-0.25, -0.2) is 0 Å². The fourth-order valence-corrected chi connectivity index (χ4v) is 4.86. The number of piperidine rings is 1. The van der Waals surface area contributed by atoms with E-state index < -0.39 is 0 Å². The molecular weight excluding hydrogens is 442 g/mol. The van der Waals surface area contributed by atoms with Gasteiger partial charge < -0.3 is 24.4 Å². The van der Waals surface area contributed by atoms with E-state index in [0.29, 0.717) is 24.5 Å². The largest absolute Gasteiger partial charge is 0.508 e. The maximum absolute atomic E-state index is 10.8. The van der Waals surface area contributed by atoms with Gasteiger partial charge in [-0.3, -0.25) is 4.90 Å². The lowest BCUT2D eigenvalue weighted by Gasteiger charge is -2.26. The Morgan fingerprint density at radius 1 is 0.857 bits per heavy atom. The van der Waals surface area contributed by atoms with E-state index in [4.69, 9.17) is 14.2 Å². The number of rotatable bonds is 7. The molecule has 3 aromatic rings. The first-order valence-corrected chi connectivity index (χ1v) is 12.1. The second kappa shape index (κ2) is 10.3. The minimum atomic E-state index is -0.0362. The van der Waals surface area contributed by atoms with E-state index >= 15 is 0 Å². The highest BCUT2D eigenvalue weighted by atomic mass is 16.5. The number of phenolic OH excluding ortho intramolecular Hbond substituents is 2. The number of benzene rings is 3. The molecule has 0 amide bonds. The van der Waals surface area contributed by atoms with E-state index in [0.717, 1.165) is 53.4 Å². The quantitative estimate of drug-likeness (QED) is 0.484. The van der Waals surface area contributed by atoms with Crippen molar-refractivity contribution in [1.29, 1.82) is 0 Å². The molecule has 0 unspecified atom stereocenters. The van der Waals surface area contributed by atoms with Crippen molar-refractivity contribution in [2.45, 2.75) is 19.3 Å². The van der Waals surface area contributed by atoms with Crippen molar-refractivity contribution in [3.63, 3.8) is 0 Å². The number of ether oxygens (including phenoxy) is 3. The first-order chi connectivity index (χ1) is 17.1. The summed E-state index contributed by atoms with van der Waals surface area (Å²) in [5.74, 6) is 1.98. The van der Waals surface area contributed by atoms with Crippen LogP contribution in [-0.2, 0) is 0 Å². The Labute approximate surface area is 206 Å². The SMILES string of the molecule is COc1ccc(C2=C(c3ccc(OCCN4CCCCC4)cc3)c3c(O)cc(O)cc3OC2)cc1. The number of methoxy groups -OCH3 is 1. The molecule has 182 valence electrons. The zero-order chi connectivity index (χ0) is 24.2. The fourth-order valence-electron chi connectivity index (χ4n) is 4.86. The van der Waals surface area contributed by atoms with Crippen molar-refractivity contribution in [2.75, 3.05) is 40.0 Å². The molecule has 0 radical (unpaired) electrons. The first-order valence-electron chi connectivity index (χ1n) is 12.1. The average molecular weight is 474 g/mol. The fraction of sp³-hybridized carbons (Fsp3) is 0.310. The first kappa shape index (κ1) is 23.1. The molecule has 2 aliphatic heterocycles. The van der Waals surface area contributed by atoms with Crippen molar-refractivity contribution in [3.8, 4) is 28.7 Å². The molecule has 1 saturated heterocycles. The van der Waals surface area contributed by atoms with Crippen molar-refractivity contribution < 1.29 is 24.4 Å². The van der Waals surface area contributed by atoms with Gasteiger partial charge in [0, 0.05) is 29.8 Å². The second-order valence-electron chi connectivity index (χ2n) is 8.98. The molecular formula is C29H31NO5. The molecule has 0 aromatic heterocycles. The summed E-state index contributed by atoms with van der Waals surface area (Å²) in [5.41, 5.74) is 4.29. The predicted molar refractivity (Wildman–Crippen MR) is 136 cm³/mol. The molecule has 3 aromatic carbocycles. The van der Waals surface area contributed by atoms with Gasteiger partial charge in [0.05, 0.1) is 12.7 Å². The minimum absolute atomic E-state index is 0.0254. The topological polar surface area (TPSA) is 71.4 Å². The van der Waals surface area contributed by atoms with Crippen LogP contribution in [0.4, 0.5) is 0 Å². The van der Waals surface area contributed by atoms with Gasteiger partial charge in [-0.15, -0.1) is 0 Å². The number of phenols is 2. The number of aromatic hydroxyl groups is 2. The molecule has 2 heterocycles. The van der Waals surface area contributed by atoms with Gasteiger partial charge in [0.1, 0.15) is 42.0 Å². The van der Waals surface area contributed by atoms with Crippen LogP contribution in [0.2, 0.25) is 0 Å². The second-order valence-corrected chi connectivity index (χ2v) is 8.98. The zero-order valence-corrected chi connectivity index (χ0v) is 20.0. The van der Waals surface area contributed by atoms with Gasteiger partial charge in [-0.2, -0.15) is 0 Å². The summed E-state index contributed by atoms with van der Waals surface area (Å²) in [7, 11) is 1.64. The summed E-state index contributed by atoms with van der Waals surface area (Å²) in [6.45, 7) is 4.23. The summed E-state index contributed by atoms with van der Waals surface area (Å²) in [6, 6.07) is 18.6. The van der Waals surface area contributed by atoms with Gasteiger partial charge in [0.2, 0.25) is 0 Å². The third kappa shape index (κ3) is 5.08. The molecule has 0 bridgehead atoms.